The van der Waals surface area contributed by atoms with Gasteiger partial charge in [0.2, 0.25) is 11.8 Å². The van der Waals surface area contributed by atoms with E-state index in [1.807, 2.05) is 45.3 Å². The van der Waals surface area contributed by atoms with Gasteiger partial charge in [0.05, 0.1) is 5.69 Å². The molecule has 0 saturated heterocycles. The monoisotopic (exact) mass is 500 g/mol. The summed E-state index contributed by atoms with van der Waals surface area (Å²) in [6.45, 7) is 2.02. The van der Waals surface area contributed by atoms with Crippen LogP contribution in [0, 0.1) is 6.92 Å². The Morgan fingerprint density at radius 2 is 1.70 bits per heavy atom. The van der Waals surface area contributed by atoms with Crippen molar-refractivity contribution in [3.63, 3.8) is 0 Å². The van der Waals surface area contributed by atoms with Crippen molar-refractivity contribution in [1.82, 2.24) is 20.3 Å². The molecule has 2 aliphatic carbocycles. The Bertz CT molecular complexity index is 1240. The Morgan fingerprint density at radius 1 is 0.973 bits per heavy atom. The highest BCUT2D eigenvalue weighted by Crippen LogP contribution is 2.30. The van der Waals surface area contributed by atoms with Gasteiger partial charge in [-0.2, -0.15) is 4.98 Å². The molecule has 0 radical (unpaired) electrons. The first-order chi connectivity index (χ1) is 18.0. The maximum Gasteiger partial charge on any atom is 0.257 e. The predicted molar refractivity (Wildman–Crippen MR) is 146 cm³/mol. The number of fused-ring (bicyclic) bond motifs is 1. The molecule has 8 nitrogen and oxygen atoms in total. The van der Waals surface area contributed by atoms with Crippen LogP contribution in [0.2, 0.25) is 0 Å². The number of nitrogens with one attached hydrogen (secondary N) is 2. The molecule has 0 aliphatic heterocycles. The van der Waals surface area contributed by atoms with Crippen LogP contribution in [0.15, 0.2) is 42.6 Å². The second-order valence-electron chi connectivity index (χ2n) is 10.3. The fourth-order valence-corrected chi connectivity index (χ4v) is 5.20. The first-order valence-electron chi connectivity index (χ1n) is 13.3. The summed E-state index contributed by atoms with van der Waals surface area (Å²) >= 11 is 0. The molecule has 0 atom stereocenters. The van der Waals surface area contributed by atoms with Crippen molar-refractivity contribution in [2.75, 3.05) is 24.3 Å². The zero-order chi connectivity index (χ0) is 25.8. The largest absolute Gasteiger partial charge is 0.438 e. The molecule has 194 valence electrons. The summed E-state index contributed by atoms with van der Waals surface area (Å²) in [4.78, 5) is 29.2. The highest BCUT2D eigenvalue weighted by molar-refractivity contribution is 5.96. The van der Waals surface area contributed by atoms with Gasteiger partial charge in [0.1, 0.15) is 17.1 Å². The Balaban J connectivity index is 1.18. The van der Waals surface area contributed by atoms with E-state index in [0.717, 1.165) is 55.9 Å². The van der Waals surface area contributed by atoms with Gasteiger partial charge in [-0.1, -0.05) is 17.7 Å². The van der Waals surface area contributed by atoms with E-state index < -0.39 is 0 Å². The lowest BCUT2D eigenvalue weighted by Gasteiger charge is -2.30. The molecular formula is C29H36N6O2. The number of rotatable bonds is 7. The number of aromatic nitrogens is 3. The Kier molecular flexibility index (Phi) is 7.53. The van der Waals surface area contributed by atoms with Crippen LogP contribution in [0.3, 0.4) is 0 Å². The Hall–Kier alpha value is -3.68. The third-order valence-electron chi connectivity index (χ3n) is 7.23. The second-order valence-corrected chi connectivity index (χ2v) is 10.3. The van der Waals surface area contributed by atoms with Gasteiger partial charge in [0.15, 0.2) is 0 Å². The molecule has 37 heavy (non-hydrogen) atoms. The van der Waals surface area contributed by atoms with E-state index in [4.69, 9.17) is 14.7 Å². The molecule has 0 spiro atoms. The smallest absolute Gasteiger partial charge is 0.257 e. The lowest BCUT2D eigenvalue weighted by Crippen LogP contribution is -2.40. The maximum atomic E-state index is 13.1. The number of anilines is 2. The molecule has 1 aromatic carbocycles. The van der Waals surface area contributed by atoms with Gasteiger partial charge in [-0.25, -0.2) is 9.97 Å². The van der Waals surface area contributed by atoms with Gasteiger partial charge in [0.25, 0.3) is 5.91 Å². The molecule has 0 unspecified atom stereocenters. The van der Waals surface area contributed by atoms with Gasteiger partial charge in [-0.3, -0.25) is 4.79 Å². The summed E-state index contributed by atoms with van der Waals surface area (Å²) in [5.74, 6) is 2.59. The molecule has 1 amide bonds. The number of hydrogen-bond donors (Lipinski definition) is 2. The summed E-state index contributed by atoms with van der Waals surface area (Å²) in [5, 5.41) is 6.78. The van der Waals surface area contributed by atoms with E-state index in [2.05, 4.69) is 20.5 Å². The molecule has 2 aliphatic rings. The van der Waals surface area contributed by atoms with E-state index in [9.17, 15) is 4.79 Å². The zero-order valence-electron chi connectivity index (χ0n) is 22.0. The van der Waals surface area contributed by atoms with Gasteiger partial charge < -0.3 is 20.3 Å². The third kappa shape index (κ3) is 6.01. The van der Waals surface area contributed by atoms with Crippen molar-refractivity contribution < 1.29 is 9.53 Å². The summed E-state index contributed by atoms with van der Waals surface area (Å²) in [6, 6.07) is 11.6. The van der Waals surface area contributed by atoms with Crippen LogP contribution in [-0.4, -0.2) is 47.0 Å². The highest BCUT2D eigenvalue weighted by Gasteiger charge is 2.26. The number of benzene rings is 1. The van der Waals surface area contributed by atoms with E-state index in [1.54, 1.807) is 18.3 Å². The summed E-state index contributed by atoms with van der Waals surface area (Å²) < 4.78 is 5.92. The average molecular weight is 501 g/mol. The number of carbonyl (C=O) groups excluding carboxylic acids is 1. The number of nitrogens with zero attached hydrogens (tertiary/aromatic N) is 4. The average Bonchev–Trinajstić information content (AvgIpc) is 2.91. The molecular weight excluding hydrogens is 464 g/mol. The maximum absolute atomic E-state index is 13.1. The first-order valence-corrected chi connectivity index (χ1v) is 13.3. The van der Waals surface area contributed by atoms with E-state index in [1.165, 1.54) is 24.1 Å². The number of aryl methyl sites for hydroxylation is 2. The number of pyridine rings is 1. The summed E-state index contributed by atoms with van der Waals surface area (Å²) in [5.41, 5.74) is 4.08. The fraction of sp³-hybridized carbons (Fsp3) is 0.448. The molecule has 2 heterocycles. The van der Waals surface area contributed by atoms with E-state index in [-0.39, 0.29) is 11.9 Å². The summed E-state index contributed by atoms with van der Waals surface area (Å²) in [7, 11) is 4.10. The standard InChI is InChI=1S/C29H36N6O2/c1-19-10-16-22(17-11-19)37-28-24(8-6-18-30-28)27(36)31-20-12-14-21(15-13-20)32-29-33-25-9-5-4-7-23(25)26(34-29)35(2)3/h6,8,10-11,16-18,20-21H,4-5,7,9,12-15H2,1-3H3,(H,31,36)(H,32,33,34)/t20-,21+. The lowest BCUT2D eigenvalue weighted by molar-refractivity contribution is 0.0923. The van der Waals surface area contributed by atoms with Gasteiger partial charge in [-0.05, 0) is 82.6 Å². The van der Waals surface area contributed by atoms with Crippen LogP contribution >= 0.6 is 0 Å². The topological polar surface area (TPSA) is 92.3 Å². The van der Waals surface area contributed by atoms with Crippen LogP contribution in [0.1, 0.15) is 65.7 Å². The van der Waals surface area contributed by atoms with Gasteiger partial charge in [-0.15, -0.1) is 0 Å². The molecule has 2 N–H and O–H groups in total. The minimum atomic E-state index is -0.153. The molecule has 8 heteroatoms. The van der Waals surface area contributed by atoms with Gasteiger partial charge >= 0.3 is 0 Å². The van der Waals surface area contributed by atoms with Crippen LogP contribution < -0.4 is 20.3 Å². The van der Waals surface area contributed by atoms with Crippen LogP contribution in [0.25, 0.3) is 0 Å². The minimum Gasteiger partial charge on any atom is -0.438 e. The Labute approximate surface area is 218 Å². The van der Waals surface area contributed by atoms with Crippen molar-refractivity contribution >= 4 is 17.7 Å². The highest BCUT2D eigenvalue weighted by atomic mass is 16.5. The fourth-order valence-electron chi connectivity index (χ4n) is 5.20. The van der Waals surface area contributed by atoms with Crippen molar-refractivity contribution in [3.8, 4) is 11.6 Å². The Morgan fingerprint density at radius 3 is 2.46 bits per heavy atom. The number of hydrogen-bond acceptors (Lipinski definition) is 7. The minimum absolute atomic E-state index is 0.111. The lowest BCUT2D eigenvalue weighted by atomic mass is 9.91. The van der Waals surface area contributed by atoms with E-state index >= 15 is 0 Å². The summed E-state index contributed by atoms with van der Waals surface area (Å²) in [6.07, 6.45) is 9.80. The van der Waals surface area contributed by atoms with E-state index in [0.29, 0.717) is 23.2 Å². The van der Waals surface area contributed by atoms with Crippen molar-refractivity contribution in [2.24, 2.45) is 0 Å². The van der Waals surface area contributed by atoms with Crippen LogP contribution in [-0.2, 0) is 12.8 Å². The normalized spacial score (nSPS) is 19.0. The molecule has 1 fully saturated rings. The van der Waals surface area contributed by atoms with Crippen molar-refractivity contribution in [3.05, 3.63) is 65.0 Å². The van der Waals surface area contributed by atoms with Gasteiger partial charge in [0, 0.05) is 37.9 Å². The molecule has 1 saturated carbocycles. The van der Waals surface area contributed by atoms with Crippen molar-refractivity contribution in [2.45, 2.75) is 70.4 Å². The molecule has 0 bridgehead atoms. The van der Waals surface area contributed by atoms with Crippen LogP contribution in [0.5, 0.6) is 11.6 Å². The van der Waals surface area contributed by atoms with Crippen LogP contribution in [0.4, 0.5) is 11.8 Å². The number of amides is 1. The van der Waals surface area contributed by atoms with Crippen molar-refractivity contribution in [1.29, 1.82) is 0 Å². The molecule has 5 rings (SSSR count). The third-order valence-corrected chi connectivity index (χ3v) is 7.23. The number of carbonyl (C=O) groups is 1. The zero-order valence-corrected chi connectivity index (χ0v) is 22.0. The molecule has 2 aromatic heterocycles. The number of ether oxygens (including phenoxy) is 1. The predicted octanol–water partition coefficient (Wildman–Crippen LogP) is 5.07. The first kappa shape index (κ1) is 25.0. The SMILES string of the molecule is Cc1ccc(Oc2ncccc2C(=O)N[C@H]2CC[C@@H](Nc3nc4c(c(N(C)C)n3)CCCC4)CC2)cc1. The quantitative estimate of drug-likeness (QED) is 0.468. The second kappa shape index (κ2) is 11.2. The molecule has 3 aromatic rings.